The zero-order valence-electron chi connectivity index (χ0n) is 11.5. The molecule has 21 heavy (non-hydrogen) atoms. The lowest BCUT2D eigenvalue weighted by Crippen LogP contribution is -2.19. The minimum atomic E-state index is -0.193. The maximum absolute atomic E-state index is 9.55. The first-order chi connectivity index (χ1) is 10.2. The Morgan fingerprint density at radius 1 is 1.24 bits per heavy atom. The highest BCUT2D eigenvalue weighted by molar-refractivity contribution is 8.06. The van der Waals surface area contributed by atoms with Crippen molar-refractivity contribution >= 4 is 23.5 Å². The maximum Gasteiger partial charge on any atom is 0.258 e. The summed E-state index contributed by atoms with van der Waals surface area (Å²) in [7, 11) is 0. The third kappa shape index (κ3) is 2.98. The van der Waals surface area contributed by atoms with E-state index < -0.39 is 0 Å². The third-order valence-electron chi connectivity index (χ3n) is 3.37. The molecule has 2 unspecified atom stereocenters. The second kappa shape index (κ2) is 6.19. The van der Waals surface area contributed by atoms with Crippen LogP contribution >= 0.6 is 23.5 Å². The van der Waals surface area contributed by atoms with Crippen LogP contribution in [0.3, 0.4) is 0 Å². The van der Waals surface area contributed by atoms with E-state index in [-0.39, 0.29) is 16.7 Å². The highest BCUT2D eigenvalue weighted by atomic mass is 32.2. The van der Waals surface area contributed by atoms with E-state index in [2.05, 4.69) is 17.1 Å². The van der Waals surface area contributed by atoms with E-state index in [1.165, 1.54) is 12.1 Å². The van der Waals surface area contributed by atoms with Gasteiger partial charge in [-0.25, -0.2) is 0 Å². The van der Waals surface area contributed by atoms with Crippen LogP contribution in [0.15, 0.2) is 22.7 Å². The van der Waals surface area contributed by atoms with Crippen LogP contribution < -0.4 is 0 Å². The standard InChI is InChI=1S/C14H16N2O3S2/c1-2-11-12(21-6-5-20-11)13-15-14(19-16-13)8-3-4-9(17)10(18)7-8/h3-4,7,11-12,17-18H,2,5-6H2,1H3. The number of benzene rings is 1. The van der Waals surface area contributed by atoms with Crippen molar-refractivity contribution in [3.05, 3.63) is 24.0 Å². The number of nitrogens with zero attached hydrogens (tertiary/aromatic N) is 2. The van der Waals surface area contributed by atoms with Gasteiger partial charge in [0.15, 0.2) is 17.3 Å². The van der Waals surface area contributed by atoms with Crippen molar-refractivity contribution in [3.63, 3.8) is 0 Å². The molecule has 2 atom stereocenters. The minimum absolute atomic E-state index is 0.163. The second-order valence-corrected chi connectivity index (χ2v) is 7.37. The molecule has 3 rings (SSSR count). The molecular formula is C14H16N2O3S2. The number of phenolic OH excluding ortho intramolecular Hbond substituents is 2. The normalized spacial score (nSPS) is 22.3. The van der Waals surface area contributed by atoms with Gasteiger partial charge in [0.25, 0.3) is 5.89 Å². The molecule has 1 aliphatic rings. The van der Waals surface area contributed by atoms with Crippen molar-refractivity contribution in [2.45, 2.75) is 23.8 Å². The summed E-state index contributed by atoms with van der Waals surface area (Å²) in [4.78, 5) is 4.47. The van der Waals surface area contributed by atoms with Gasteiger partial charge in [0.05, 0.1) is 5.25 Å². The Morgan fingerprint density at radius 2 is 2.05 bits per heavy atom. The molecule has 2 heterocycles. The fourth-order valence-electron chi connectivity index (χ4n) is 2.27. The van der Waals surface area contributed by atoms with Gasteiger partial charge in [0, 0.05) is 22.3 Å². The molecule has 0 aliphatic carbocycles. The number of hydrogen-bond donors (Lipinski definition) is 2. The van der Waals surface area contributed by atoms with Crippen molar-refractivity contribution in [3.8, 4) is 23.0 Å². The van der Waals surface area contributed by atoms with Gasteiger partial charge in [-0.15, -0.1) is 11.8 Å². The van der Waals surface area contributed by atoms with E-state index in [0.717, 1.165) is 17.9 Å². The molecule has 1 aliphatic heterocycles. The largest absolute Gasteiger partial charge is 0.504 e. The average Bonchev–Trinajstić information content (AvgIpc) is 2.99. The molecule has 0 bridgehead atoms. The van der Waals surface area contributed by atoms with E-state index in [4.69, 9.17) is 4.52 Å². The van der Waals surface area contributed by atoms with Crippen LogP contribution in [0.2, 0.25) is 0 Å². The lowest BCUT2D eigenvalue weighted by molar-refractivity contribution is 0.402. The Bertz CT molecular complexity index is 632. The van der Waals surface area contributed by atoms with Crippen LogP contribution in [-0.4, -0.2) is 37.1 Å². The number of aromatic nitrogens is 2. The Hall–Kier alpha value is -1.34. The highest BCUT2D eigenvalue weighted by Gasteiger charge is 2.30. The fourth-order valence-corrected chi connectivity index (χ4v) is 5.25. The Kier molecular flexibility index (Phi) is 4.30. The van der Waals surface area contributed by atoms with E-state index in [0.29, 0.717) is 22.5 Å². The summed E-state index contributed by atoms with van der Waals surface area (Å²) in [5, 5.41) is 23.7. The molecule has 0 amide bonds. The summed E-state index contributed by atoms with van der Waals surface area (Å²) >= 11 is 3.83. The number of aromatic hydroxyl groups is 2. The SMILES string of the molecule is CCC1SCCSC1c1noc(-c2ccc(O)c(O)c2)n1. The summed E-state index contributed by atoms with van der Waals surface area (Å²) in [6.45, 7) is 2.18. The smallest absolute Gasteiger partial charge is 0.258 e. The first kappa shape index (κ1) is 14.6. The molecule has 0 saturated carbocycles. The summed E-state index contributed by atoms with van der Waals surface area (Å²) in [6.07, 6.45) is 1.08. The molecule has 0 spiro atoms. The lowest BCUT2D eigenvalue weighted by Gasteiger charge is -2.27. The molecule has 2 N–H and O–H groups in total. The molecular weight excluding hydrogens is 308 g/mol. The van der Waals surface area contributed by atoms with Gasteiger partial charge in [0.2, 0.25) is 0 Å². The third-order valence-corrected chi connectivity index (χ3v) is 6.61. The van der Waals surface area contributed by atoms with Gasteiger partial charge in [-0.05, 0) is 24.6 Å². The van der Waals surface area contributed by atoms with Crippen molar-refractivity contribution in [2.24, 2.45) is 0 Å². The number of hydrogen-bond acceptors (Lipinski definition) is 7. The van der Waals surface area contributed by atoms with Gasteiger partial charge < -0.3 is 14.7 Å². The minimum Gasteiger partial charge on any atom is -0.504 e. The topological polar surface area (TPSA) is 79.4 Å². The van der Waals surface area contributed by atoms with Crippen molar-refractivity contribution in [2.75, 3.05) is 11.5 Å². The quantitative estimate of drug-likeness (QED) is 0.837. The van der Waals surface area contributed by atoms with Crippen molar-refractivity contribution < 1.29 is 14.7 Å². The van der Waals surface area contributed by atoms with Crippen molar-refractivity contribution in [1.82, 2.24) is 10.1 Å². The van der Waals surface area contributed by atoms with Crippen LogP contribution in [0, 0.1) is 0 Å². The Labute approximate surface area is 131 Å². The summed E-state index contributed by atoms with van der Waals surface area (Å²) in [5.41, 5.74) is 0.602. The predicted molar refractivity (Wildman–Crippen MR) is 84.8 cm³/mol. The first-order valence-corrected chi connectivity index (χ1v) is 8.88. The molecule has 2 aromatic rings. The van der Waals surface area contributed by atoms with E-state index in [1.54, 1.807) is 6.07 Å². The van der Waals surface area contributed by atoms with E-state index in [1.807, 2.05) is 23.5 Å². The molecule has 112 valence electrons. The maximum atomic E-state index is 9.55. The molecule has 1 fully saturated rings. The zero-order chi connectivity index (χ0) is 14.8. The molecule has 5 nitrogen and oxygen atoms in total. The molecule has 7 heteroatoms. The number of phenols is 2. The predicted octanol–water partition coefficient (Wildman–Crippen LogP) is 3.45. The lowest BCUT2D eigenvalue weighted by atomic mass is 10.2. The Morgan fingerprint density at radius 3 is 2.81 bits per heavy atom. The van der Waals surface area contributed by atoms with Gasteiger partial charge in [0.1, 0.15) is 0 Å². The summed E-state index contributed by atoms with van der Waals surface area (Å²) in [5.74, 6) is 2.98. The monoisotopic (exact) mass is 324 g/mol. The zero-order valence-corrected chi connectivity index (χ0v) is 13.2. The molecule has 1 aromatic heterocycles. The Balaban J connectivity index is 1.86. The highest BCUT2D eigenvalue weighted by Crippen LogP contribution is 2.43. The molecule has 1 saturated heterocycles. The molecule has 0 radical (unpaired) electrons. The van der Waals surface area contributed by atoms with Crippen molar-refractivity contribution in [1.29, 1.82) is 0 Å². The number of rotatable bonds is 3. The van der Waals surface area contributed by atoms with Crippen LogP contribution in [-0.2, 0) is 0 Å². The van der Waals surface area contributed by atoms with Gasteiger partial charge in [-0.3, -0.25) is 0 Å². The second-order valence-electron chi connectivity index (χ2n) is 4.77. The summed E-state index contributed by atoms with van der Waals surface area (Å²) < 4.78 is 5.32. The fraction of sp³-hybridized carbons (Fsp3) is 0.429. The van der Waals surface area contributed by atoms with E-state index >= 15 is 0 Å². The average molecular weight is 324 g/mol. The summed E-state index contributed by atoms with van der Waals surface area (Å²) in [6, 6.07) is 4.48. The van der Waals surface area contributed by atoms with Gasteiger partial charge in [-0.2, -0.15) is 16.7 Å². The number of thioether (sulfide) groups is 2. The van der Waals surface area contributed by atoms with Gasteiger partial charge >= 0.3 is 0 Å². The van der Waals surface area contributed by atoms with Crippen LogP contribution in [0.4, 0.5) is 0 Å². The van der Waals surface area contributed by atoms with Crippen LogP contribution in [0.5, 0.6) is 11.5 Å². The van der Waals surface area contributed by atoms with E-state index in [9.17, 15) is 10.2 Å². The van der Waals surface area contributed by atoms with Gasteiger partial charge in [-0.1, -0.05) is 12.1 Å². The molecule has 1 aromatic carbocycles. The van der Waals surface area contributed by atoms with Crippen LogP contribution in [0.1, 0.15) is 24.4 Å². The van der Waals surface area contributed by atoms with Crippen LogP contribution in [0.25, 0.3) is 11.5 Å². The first-order valence-electron chi connectivity index (χ1n) is 6.78.